The van der Waals surface area contributed by atoms with Crippen LogP contribution in [0.4, 0.5) is 0 Å². The van der Waals surface area contributed by atoms with Crippen LogP contribution in [0, 0.1) is 18.6 Å². The molecule has 3 aromatic rings. The Morgan fingerprint density at radius 2 is 1.89 bits per heavy atom. The second kappa shape index (κ2) is 8.31. The van der Waals surface area contributed by atoms with Gasteiger partial charge in [0.2, 0.25) is 5.91 Å². The van der Waals surface area contributed by atoms with Gasteiger partial charge in [0.25, 0.3) is 0 Å². The largest absolute Gasteiger partial charge is 0.341 e. The zero-order valence-electron chi connectivity index (χ0n) is 15.9. The number of nitrogens with one attached hydrogen (secondary N) is 1. The quantitative estimate of drug-likeness (QED) is 0.650. The number of H-pyrrole nitrogens is 1. The first-order valence-electron chi connectivity index (χ1n) is 8.96. The summed E-state index contributed by atoms with van der Waals surface area (Å²) in [7, 11) is 1.83. The third-order valence-corrected chi connectivity index (χ3v) is 4.86. The SMILES string of the molecule is Cc1ccc(CN(C)C(=O)CCn2c(-c3cccc(C)c3)n[nH]c2=S)cc1. The summed E-state index contributed by atoms with van der Waals surface area (Å²) in [6.45, 7) is 5.19. The fraction of sp³-hybridized carbons (Fsp3) is 0.286. The number of hydrogen-bond acceptors (Lipinski definition) is 3. The molecule has 0 unspecified atom stereocenters. The van der Waals surface area contributed by atoms with Gasteiger partial charge in [0, 0.05) is 32.1 Å². The van der Waals surface area contributed by atoms with E-state index in [-0.39, 0.29) is 5.91 Å². The maximum Gasteiger partial charge on any atom is 0.224 e. The number of nitrogens with zero attached hydrogens (tertiary/aromatic N) is 3. The van der Waals surface area contributed by atoms with E-state index in [2.05, 4.69) is 47.5 Å². The maximum atomic E-state index is 12.6. The minimum absolute atomic E-state index is 0.0777. The standard InChI is InChI=1S/C21H24N4OS/c1-15-7-9-17(10-8-15)14-24(3)19(26)11-12-25-20(22-23-21(25)27)18-6-4-5-16(2)13-18/h4-10,13H,11-12,14H2,1-3H3,(H,23,27). The van der Waals surface area contributed by atoms with Crippen LogP contribution < -0.4 is 0 Å². The van der Waals surface area contributed by atoms with Crippen LogP contribution in [0.2, 0.25) is 0 Å². The lowest BCUT2D eigenvalue weighted by Crippen LogP contribution is -2.27. The Kier molecular flexibility index (Phi) is 5.86. The molecule has 0 aliphatic heterocycles. The van der Waals surface area contributed by atoms with Crippen LogP contribution in [0.1, 0.15) is 23.1 Å². The number of carbonyl (C=O) groups is 1. The number of amides is 1. The zero-order chi connectivity index (χ0) is 19.4. The smallest absolute Gasteiger partial charge is 0.224 e. The lowest BCUT2D eigenvalue weighted by Gasteiger charge is -2.18. The monoisotopic (exact) mass is 380 g/mol. The van der Waals surface area contributed by atoms with Crippen molar-refractivity contribution in [2.45, 2.75) is 33.4 Å². The van der Waals surface area contributed by atoms with Gasteiger partial charge in [-0.15, -0.1) is 0 Å². The first-order chi connectivity index (χ1) is 12.9. The van der Waals surface area contributed by atoms with E-state index in [0.717, 1.165) is 22.5 Å². The summed E-state index contributed by atoms with van der Waals surface area (Å²) >= 11 is 5.36. The Morgan fingerprint density at radius 1 is 1.15 bits per heavy atom. The van der Waals surface area contributed by atoms with Gasteiger partial charge in [-0.05, 0) is 37.7 Å². The molecule has 0 atom stereocenters. The summed E-state index contributed by atoms with van der Waals surface area (Å²) in [5.41, 5.74) is 4.48. The van der Waals surface area contributed by atoms with Gasteiger partial charge in [-0.25, -0.2) is 0 Å². The Hall–Kier alpha value is -2.73. The van der Waals surface area contributed by atoms with Crippen molar-refractivity contribution in [3.05, 3.63) is 70.0 Å². The predicted octanol–water partition coefficient (Wildman–Crippen LogP) is 4.27. The van der Waals surface area contributed by atoms with Crippen LogP contribution in [0.3, 0.4) is 0 Å². The van der Waals surface area contributed by atoms with Crippen LogP contribution >= 0.6 is 12.2 Å². The third kappa shape index (κ3) is 4.71. The molecule has 1 amide bonds. The molecule has 0 aliphatic rings. The molecule has 1 heterocycles. The van der Waals surface area contributed by atoms with E-state index < -0.39 is 0 Å². The number of benzene rings is 2. The van der Waals surface area contributed by atoms with Gasteiger partial charge in [-0.2, -0.15) is 5.10 Å². The predicted molar refractivity (Wildman–Crippen MR) is 110 cm³/mol. The molecule has 0 fully saturated rings. The van der Waals surface area contributed by atoms with E-state index >= 15 is 0 Å². The molecule has 0 spiro atoms. The molecule has 2 aromatic carbocycles. The summed E-state index contributed by atoms with van der Waals surface area (Å²) in [5.74, 6) is 0.839. The van der Waals surface area contributed by atoms with Crippen molar-refractivity contribution in [1.82, 2.24) is 19.7 Å². The summed E-state index contributed by atoms with van der Waals surface area (Å²) in [6.07, 6.45) is 0.370. The molecule has 0 aliphatic carbocycles. The first-order valence-corrected chi connectivity index (χ1v) is 9.36. The molecular weight excluding hydrogens is 356 g/mol. The Balaban J connectivity index is 1.68. The Labute approximate surface area is 164 Å². The fourth-order valence-electron chi connectivity index (χ4n) is 2.98. The average Bonchev–Trinajstić information content (AvgIpc) is 3.02. The van der Waals surface area contributed by atoms with Crippen molar-refractivity contribution in [3.63, 3.8) is 0 Å². The molecule has 1 aromatic heterocycles. The van der Waals surface area contributed by atoms with Crippen molar-refractivity contribution in [3.8, 4) is 11.4 Å². The van der Waals surface area contributed by atoms with Crippen LogP contribution in [-0.2, 0) is 17.9 Å². The van der Waals surface area contributed by atoms with Crippen LogP contribution in [-0.4, -0.2) is 32.6 Å². The van der Waals surface area contributed by atoms with E-state index in [9.17, 15) is 4.79 Å². The maximum absolute atomic E-state index is 12.6. The number of carbonyl (C=O) groups excluding carboxylic acids is 1. The molecule has 0 radical (unpaired) electrons. The molecule has 5 nitrogen and oxygen atoms in total. The number of aryl methyl sites for hydroxylation is 2. The van der Waals surface area contributed by atoms with Crippen LogP contribution in [0.15, 0.2) is 48.5 Å². The van der Waals surface area contributed by atoms with Gasteiger partial charge in [-0.3, -0.25) is 14.5 Å². The summed E-state index contributed by atoms with van der Waals surface area (Å²) in [4.78, 5) is 14.3. The van der Waals surface area contributed by atoms with Gasteiger partial charge < -0.3 is 4.90 Å². The first kappa shape index (κ1) is 19.0. The number of rotatable bonds is 6. The fourth-order valence-corrected chi connectivity index (χ4v) is 3.21. The normalized spacial score (nSPS) is 10.8. The van der Waals surface area contributed by atoms with Crippen molar-refractivity contribution in [1.29, 1.82) is 0 Å². The van der Waals surface area contributed by atoms with Gasteiger partial charge in [0.1, 0.15) is 0 Å². The van der Waals surface area contributed by atoms with E-state index in [0.29, 0.717) is 24.3 Å². The second-order valence-electron chi connectivity index (χ2n) is 6.86. The molecule has 6 heteroatoms. The van der Waals surface area contributed by atoms with Gasteiger partial charge in [-0.1, -0.05) is 53.6 Å². The summed E-state index contributed by atoms with van der Waals surface area (Å²) in [6, 6.07) is 16.3. The van der Waals surface area contributed by atoms with Gasteiger partial charge >= 0.3 is 0 Å². The highest BCUT2D eigenvalue weighted by Crippen LogP contribution is 2.19. The zero-order valence-corrected chi connectivity index (χ0v) is 16.7. The number of aromatic nitrogens is 3. The minimum Gasteiger partial charge on any atom is -0.341 e. The van der Waals surface area contributed by atoms with Crippen molar-refractivity contribution in [2.75, 3.05) is 7.05 Å². The van der Waals surface area contributed by atoms with Crippen molar-refractivity contribution >= 4 is 18.1 Å². The number of hydrogen-bond donors (Lipinski definition) is 1. The highest BCUT2D eigenvalue weighted by Gasteiger charge is 2.13. The summed E-state index contributed by atoms with van der Waals surface area (Å²) < 4.78 is 2.42. The number of aromatic amines is 1. The Morgan fingerprint density at radius 3 is 2.59 bits per heavy atom. The van der Waals surface area contributed by atoms with E-state index in [1.54, 1.807) is 4.90 Å². The van der Waals surface area contributed by atoms with Crippen molar-refractivity contribution < 1.29 is 4.79 Å². The minimum atomic E-state index is 0.0777. The molecular formula is C21H24N4OS. The molecule has 0 bridgehead atoms. The molecule has 140 valence electrons. The van der Waals surface area contributed by atoms with E-state index in [1.807, 2.05) is 36.7 Å². The highest BCUT2D eigenvalue weighted by molar-refractivity contribution is 7.71. The van der Waals surface area contributed by atoms with Crippen LogP contribution in [0.25, 0.3) is 11.4 Å². The van der Waals surface area contributed by atoms with Crippen LogP contribution in [0.5, 0.6) is 0 Å². The lowest BCUT2D eigenvalue weighted by molar-refractivity contribution is -0.130. The van der Waals surface area contributed by atoms with Gasteiger partial charge in [0.15, 0.2) is 10.6 Å². The van der Waals surface area contributed by atoms with E-state index in [1.165, 1.54) is 5.56 Å². The third-order valence-electron chi connectivity index (χ3n) is 4.55. The molecule has 0 saturated heterocycles. The average molecular weight is 381 g/mol. The second-order valence-corrected chi connectivity index (χ2v) is 7.25. The lowest BCUT2D eigenvalue weighted by atomic mass is 10.1. The molecule has 1 N–H and O–H groups in total. The Bertz CT molecular complexity index is 988. The molecule has 0 saturated carbocycles. The van der Waals surface area contributed by atoms with Crippen molar-refractivity contribution in [2.24, 2.45) is 0 Å². The van der Waals surface area contributed by atoms with Gasteiger partial charge in [0.05, 0.1) is 0 Å². The highest BCUT2D eigenvalue weighted by atomic mass is 32.1. The molecule has 27 heavy (non-hydrogen) atoms. The topological polar surface area (TPSA) is 53.9 Å². The molecule has 3 rings (SSSR count). The van der Waals surface area contributed by atoms with E-state index in [4.69, 9.17) is 12.2 Å². The summed E-state index contributed by atoms with van der Waals surface area (Å²) in [5, 5.41) is 7.19.